The van der Waals surface area contributed by atoms with Gasteiger partial charge in [0.15, 0.2) is 5.82 Å². The first-order valence-electron chi connectivity index (χ1n) is 11.5. The number of hydrogen-bond acceptors (Lipinski definition) is 7. The maximum atomic E-state index is 5.39. The molecule has 1 aliphatic rings. The fourth-order valence-electron chi connectivity index (χ4n) is 4.19. The number of benzene rings is 1. The number of H-pyrrole nitrogens is 1. The molecule has 1 aliphatic carbocycles. The Morgan fingerprint density at radius 1 is 1.03 bits per heavy atom. The zero-order chi connectivity index (χ0) is 23.9. The Labute approximate surface area is 201 Å². The maximum absolute atomic E-state index is 5.39. The number of methoxy groups -OCH3 is 2. The second-order valence-corrected chi connectivity index (χ2v) is 8.83. The van der Waals surface area contributed by atoms with E-state index in [1.54, 1.807) is 14.2 Å². The highest BCUT2D eigenvalue weighted by Gasteiger charge is 2.25. The molecule has 4 heterocycles. The SMILES string of the molecule is COc1cc(Cn2cc(-c3cc4nc(C)cn4c(Nc4cc(C5CC5)[nH]n4)n3)cn2)cc(OC)c1. The number of nitrogens with zero attached hydrogens (tertiary/aromatic N) is 6. The Balaban J connectivity index is 1.31. The van der Waals surface area contributed by atoms with Crippen molar-refractivity contribution in [3.05, 3.63) is 65.9 Å². The van der Waals surface area contributed by atoms with Crippen LogP contribution in [0.3, 0.4) is 0 Å². The molecular weight excluding hydrogens is 444 g/mol. The van der Waals surface area contributed by atoms with Crippen LogP contribution in [0.25, 0.3) is 16.9 Å². The smallest absolute Gasteiger partial charge is 0.215 e. The molecule has 10 heteroatoms. The summed E-state index contributed by atoms with van der Waals surface area (Å²) < 4.78 is 14.6. The van der Waals surface area contributed by atoms with Crippen molar-refractivity contribution in [1.82, 2.24) is 34.3 Å². The van der Waals surface area contributed by atoms with E-state index in [1.165, 1.54) is 12.8 Å². The average molecular weight is 471 g/mol. The zero-order valence-corrected chi connectivity index (χ0v) is 19.8. The van der Waals surface area contributed by atoms with Crippen LogP contribution in [-0.4, -0.2) is 48.6 Å². The van der Waals surface area contributed by atoms with Gasteiger partial charge in [0.2, 0.25) is 5.95 Å². The molecule has 4 aromatic heterocycles. The van der Waals surface area contributed by atoms with Crippen molar-refractivity contribution in [1.29, 1.82) is 0 Å². The molecule has 2 N–H and O–H groups in total. The lowest BCUT2D eigenvalue weighted by atomic mass is 10.2. The highest BCUT2D eigenvalue weighted by molar-refractivity contribution is 5.66. The molecule has 178 valence electrons. The number of hydrogen-bond donors (Lipinski definition) is 2. The molecule has 0 radical (unpaired) electrons. The van der Waals surface area contributed by atoms with Crippen LogP contribution >= 0.6 is 0 Å². The largest absolute Gasteiger partial charge is 0.497 e. The fraction of sp³-hybridized carbons (Fsp3) is 0.280. The van der Waals surface area contributed by atoms with Gasteiger partial charge in [0.05, 0.1) is 38.3 Å². The van der Waals surface area contributed by atoms with Crippen molar-refractivity contribution in [3.8, 4) is 22.8 Å². The summed E-state index contributed by atoms with van der Waals surface area (Å²) in [4.78, 5) is 9.55. The molecule has 1 aromatic carbocycles. The molecular formula is C25H26N8O2. The second-order valence-electron chi connectivity index (χ2n) is 8.83. The molecule has 0 unspecified atom stereocenters. The van der Waals surface area contributed by atoms with Crippen molar-refractivity contribution >= 4 is 17.4 Å². The molecule has 0 bridgehead atoms. The molecule has 35 heavy (non-hydrogen) atoms. The molecule has 0 saturated heterocycles. The molecule has 0 amide bonds. The first kappa shape index (κ1) is 21.2. The minimum absolute atomic E-state index is 0.570. The van der Waals surface area contributed by atoms with Gasteiger partial charge < -0.3 is 14.8 Å². The first-order chi connectivity index (χ1) is 17.1. The van der Waals surface area contributed by atoms with Crippen LogP contribution in [0.2, 0.25) is 0 Å². The van der Waals surface area contributed by atoms with Gasteiger partial charge in [0, 0.05) is 47.8 Å². The second kappa shape index (κ2) is 8.46. The number of ether oxygens (including phenoxy) is 2. The fourth-order valence-corrected chi connectivity index (χ4v) is 4.19. The molecule has 6 rings (SSSR count). The number of fused-ring (bicyclic) bond motifs is 1. The van der Waals surface area contributed by atoms with Gasteiger partial charge in [0.1, 0.15) is 17.1 Å². The van der Waals surface area contributed by atoms with Gasteiger partial charge in [-0.15, -0.1) is 0 Å². The third kappa shape index (κ3) is 4.30. The predicted molar refractivity (Wildman–Crippen MR) is 131 cm³/mol. The van der Waals surface area contributed by atoms with Crippen LogP contribution in [0, 0.1) is 6.92 Å². The van der Waals surface area contributed by atoms with Crippen molar-refractivity contribution in [2.24, 2.45) is 0 Å². The molecule has 10 nitrogen and oxygen atoms in total. The lowest BCUT2D eigenvalue weighted by Gasteiger charge is -2.09. The number of aryl methyl sites for hydroxylation is 1. The number of aromatic nitrogens is 7. The summed E-state index contributed by atoms with van der Waals surface area (Å²) in [5.74, 6) is 3.48. The van der Waals surface area contributed by atoms with Crippen LogP contribution in [0.5, 0.6) is 11.5 Å². The minimum atomic E-state index is 0.570. The normalized spacial score (nSPS) is 13.3. The standard InChI is InChI=1S/C25H26N8O2/c1-15-12-33-24(27-15)10-21(28-25(33)29-23-9-22(30-31-23)17-4-5-17)18-11-26-32(14-18)13-16-6-19(34-2)8-20(7-16)35-3/h6-12,14,17H,4-5,13H2,1-3H3,(H2,28,29,30,31). The average Bonchev–Trinajstić information content (AvgIpc) is 3.23. The van der Waals surface area contributed by atoms with Gasteiger partial charge in [-0.3, -0.25) is 14.2 Å². The van der Waals surface area contributed by atoms with E-state index < -0.39 is 0 Å². The van der Waals surface area contributed by atoms with E-state index >= 15 is 0 Å². The summed E-state index contributed by atoms with van der Waals surface area (Å²) >= 11 is 0. The Morgan fingerprint density at radius 3 is 2.57 bits per heavy atom. The Hall–Kier alpha value is -4.34. The van der Waals surface area contributed by atoms with Gasteiger partial charge in [-0.1, -0.05) is 0 Å². The maximum Gasteiger partial charge on any atom is 0.215 e. The molecule has 0 spiro atoms. The highest BCUT2D eigenvalue weighted by Crippen LogP contribution is 2.39. The van der Waals surface area contributed by atoms with E-state index in [2.05, 4.69) is 31.7 Å². The lowest BCUT2D eigenvalue weighted by molar-refractivity contribution is 0.393. The van der Waals surface area contributed by atoms with E-state index in [0.29, 0.717) is 18.4 Å². The summed E-state index contributed by atoms with van der Waals surface area (Å²) in [5.41, 5.74) is 5.58. The summed E-state index contributed by atoms with van der Waals surface area (Å²) in [5, 5.41) is 15.5. The number of anilines is 2. The van der Waals surface area contributed by atoms with Gasteiger partial charge in [-0.05, 0) is 37.5 Å². The van der Waals surface area contributed by atoms with Gasteiger partial charge >= 0.3 is 0 Å². The van der Waals surface area contributed by atoms with Gasteiger partial charge in [-0.25, -0.2) is 9.97 Å². The predicted octanol–water partition coefficient (Wildman–Crippen LogP) is 4.31. The van der Waals surface area contributed by atoms with Crippen LogP contribution < -0.4 is 14.8 Å². The minimum Gasteiger partial charge on any atom is -0.497 e. The van der Waals surface area contributed by atoms with Gasteiger partial charge in [0.25, 0.3) is 0 Å². The zero-order valence-electron chi connectivity index (χ0n) is 19.8. The van der Waals surface area contributed by atoms with Crippen molar-refractivity contribution < 1.29 is 9.47 Å². The highest BCUT2D eigenvalue weighted by atomic mass is 16.5. The first-order valence-corrected chi connectivity index (χ1v) is 11.5. The summed E-state index contributed by atoms with van der Waals surface area (Å²) in [6.07, 6.45) is 8.18. The topological polar surface area (TPSA) is 107 Å². The number of aromatic amines is 1. The summed E-state index contributed by atoms with van der Waals surface area (Å²) in [6, 6.07) is 9.83. The molecule has 0 aliphatic heterocycles. The van der Waals surface area contributed by atoms with E-state index in [1.807, 2.05) is 58.9 Å². The molecule has 0 atom stereocenters. The van der Waals surface area contributed by atoms with Crippen molar-refractivity contribution in [2.45, 2.75) is 32.2 Å². The van der Waals surface area contributed by atoms with E-state index in [4.69, 9.17) is 14.5 Å². The number of nitrogens with one attached hydrogen (secondary N) is 2. The Bertz CT molecular complexity index is 1490. The molecule has 1 saturated carbocycles. The lowest BCUT2D eigenvalue weighted by Crippen LogP contribution is -2.03. The van der Waals surface area contributed by atoms with E-state index in [0.717, 1.165) is 51.2 Å². The monoisotopic (exact) mass is 470 g/mol. The van der Waals surface area contributed by atoms with Crippen LogP contribution in [0.4, 0.5) is 11.8 Å². The number of imidazole rings is 1. The third-order valence-corrected chi connectivity index (χ3v) is 6.11. The van der Waals surface area contributed by atoms with Crippen LogP contribution in [0.1, 0.15) is 35.7 Å². The van der Waals surface area contributed by atoms with Crippen molar-refractivity contribution in [3.63, 3.8) is 0 Å². The van der Waals surface area contributed by atoms with Crippen molar-refractivity contribution in [2.75, 3.05) is 19.5 Å². The quantitative estimate of drug-likeness (QED) is 0.348. The Kier molecular flexibility index (Phi) is 5.13. The van der Waals surface area contributed by atoms with E-state index in [-0.39, 0.29) is 0 Å². The van der Waals surface area contributed by atoms with E-state index in [9.17, 15) is 0 Å². The van der Waals surface area contributed by atoms with Crippen LogP contribution in [0.15, 0.2) is 48.9 Å². The summed E-state index contributed by atoms with van der Waals surface area (Å²) in [6.45, 7) is 2.54. The number of rotatable bonds is 8. The molecule has 5 aromatic rings. The summed E-state index contributed by atoms with van der Waals surface area (Å²) in [7, 11) is 3.29. The Morgan fingerprint density at radius 2 is 1.83 bits per heavy atom. The van der Waals surface area contributed by atoms with Crippen LogP contribution in [-0.2, 0) is 6.54 Å². The molecule has 1 fully saturated rings. The third-order valence-electron chi connectivity index (χ3n) is 6.11. The van der Waals surface area contributed by atoms with Gasteiger partial charge in [-0.2, -0.15) is 10.2 Å².